The molecule has 0 saturated carbocycles. The zero-order valence-corrected chi connectivity index (χ0v) is 11.2. The van der Waals surface area contributed by atoms with Crippen molar-refractivity contribution in [3.8, 4) is 11.5 Å². The van der Waals surface area contributed by atoms with Crippen LogP contribution in [-0.2, 0) is 9.59 Å². The normalized spacial score (nSPS) is 12.6. The minimum atomic E-state index is -1.09. The van der Waals surface area contributed by atoms with Gasteiger partial charge >= 0.3 is 5.97 Å². The number of phenols is 2. The van der Waals surface area contributed by atoms with Crippen molar-refractivity contribution < 1.29 is 24.9 Å². The number of aromatic hydroxyl groups is 2. The standard InChI is InChI=1S/C14H17NO5/c1-8(2)13(14(19)20)15-12(18)6-4-9-3-5-10(16)11(17)7-9/h3-8,13,16-17H,1-2H3,(H,15,18)(H,19,20)/b6-4+/t13-/m0/s1. The predicted molar refractivity (Wildman–Crippen MR) is 73.2 cm³/mol. The number of rotatable bonds is 5. The summed E-state index contributed by atoms with van der Waals surface area (Å²) in [5, 5.41) is 29.8. The van der Waals surface area contributed by atoms with Crippen molar-refractivity contribution in [1.82, 2.24) is 5.32 Å². The van der Waals surface area contributed by atoms with Crippen molar-refractivity contribution in [1.29, 1.82) is 0 Å². The number of hydrogen-bond donors (Lipinski definition) is 4. The van der Waals surface area contributed by atoms with Gasteiger partial charge in [-0.15, -0.1) is 0 Å². The molecular formula is C14H17NO5. The van der Waals surface area contributed by atoms with Crippen LogP contribution in [0.4, 0.5) is 0 Å². The lowest BCUT2D eigenvalue weighted by Crippen LogP contribution is -2.43. The number of carbonyl (C=O) groups excluding carboxylic acids is 1. The lowest BCUT2D eigenvalue weighted by Gasteiger charge is -2.16. The fraction of sp³-hybridized carbons (Fsp3) is 0.286. The number of carboxylic acid groups (broad SMARTS) is 1. The molecule has 108 valence electrons. The Morgan fingerprint density at radius 2 is 1.85 bits per heavy atom. The fourth-order valence-electron chi connectivity index (χ4n) is 1.53. The summed E-state index contributed by atoms with van der Waals surface area (Å²) in [7, 11) is 0. The Morgan fingerprint density at radius 1 is 1.20 bits per heavy atom. The van der Waals surface area contributed by atoms with Gasteiger partial charge in [0.1, 0.15) is 6.04 Å². The molecular weight excluding hydrogens is 262 g/mol. The highest BCUT2D eigenvalue weighted by molar-refractivity contribution is 5.94. The third-order valence-electron chi connectivity index (χ3n) is 2.66. The van der Waals surface area contributed by atoms with Gasteiger partial charge in [0.2, 0.25) is 5.91 Å². The Labute approximate surface area is 116 Å². The first-order valence-corrected chi connectivity index (χ1v) is 6.04. The van der Waals surface area contributed by atoms with Crippen LogP contribution in [-0.4, -0.2) is 33.2 Å². The molecule has 0 unspecified atom stereocenters. The summed E-state index contributed by atoms with van der Waals surface area (Å²) in [6.45, 7) is 3.39. The summed E-state index contributed by atoms with van der Waals surface area (Å²) in [5.41, 5.74) is 0.506. The Balaban J connectivity index is 2.72. The molecule has 0 aliphatic heterocycles. The number of benzene rings is 1. The van der Waals surface area contributed by atoms with Gasteiger partial charge in [0, 0.05) is 6.08 Å². The van der Waals surface area contributed by atoms with E-state index in [1.165, 1.54) is 30.4 Å². The smallest absolute Gasteiger partial charge is 0.326 e. The second kappa shape index (κ2) is 6.60. The van der Waals surface area contributed by atoms with E-state index >= 15 is 0 Å². The number of hydrogen-bond acceptors (Lipinski definition) is 4. The minimum Gasteiger partial charge on any atom is -0.504 e. The van der Waals surface area contributed by atoms with Crippen molar-refractivity contribution in [3.63, 3.8) is 0 Å². The molecule has 1 aromatic carbocycles. The maximum atomic E-state index is 11.6. The van der Waals surface area contributed by atoms with Crippen LogP contribution in [0.15, 0.2) is 24.3 Å². The molecule has 0 aliphatic rings. The zero-order valence-electron chi connectivity index (χ0n) is 11.2. The highest BCUT2D eigenvalue weighted by Crippen LogP contribution is 2.25. The van der Waals surface area contributed by atoms with Crippen molar-refractivity contribution in [3.05, 3.63) is 29.8 Å². The first-order valence-electron chi connectivity index (χ1n) is 6.04. The Hall–Kier alpha value is -2.50. The van der Waals surface area contributed by atoms with Crippen molar-refractivity contribution in [2.75, 3.05) is 0 Å². The molecule has 0 spiro atoms. The number of amides is 1. The molecule has 1 aromatic rings. The van der Waals surface area contributed by atoms with Gasteiger partial charge in [-0.25, -0.2) is 4.79 Å². The van der Waals surface area contributed by atoms with Crippen molar-refractivity contribution >= 4 is 18.0 Å². The van der Waals surface area contributed by atoms with Gasteiger partial charge in [-0.2, -0.15) is 0 Å². The van der Waals surface area contributed by atoms with E-state index < -0.39 is 17.9 Å². The van der Waals surface area contributed by atoms with E-state index in [-0.39, 0.29) is 17.4 Å². The zero-order chi connectivity index (χ0) is 15.3. The van der Waals surface area contributed by atoms with Gasteiger partial charge in [-0.3, -0.25) is 4.79 Å². The van der Waals surface area contributed by atoms with Crippen LogP contribution in [0.5, 0.6) is 11.5 Å². The predicted octanol–water partition coefficient (Wildman–Crippen LogP) is 1.34. The molecule has 6 nitrogen and oxygen atoms in total. The summed E-state index contributed by atoms with van der Waals surface area (Å²) < 4.78 is 0. The van der Waals surface area contributed by atoms with Gasteiger partial charge in [-0.1, -0.05) is 19.9 Å². The van der Waals surface area contributed by atoms with Crippen LogP contribution in [0.2, 0.25) is 0 Å². The molecule has 4 N–H and O–H groups in total. The third kappa shape index (κ3) is 4.31. The topological polar surface area (TPSA) is 107 Å². The summed E-state index contributed by atoms with van der Waals surface area (Å²) in [6, 6.07) is 3.13. The lowest BCUT2D eigenvalue weighted by atomic mass is 10.0. The highest BCUT2D eigenvalue weighted by atomic mass is 16.4. The summed E-state index contributed by atoms with van der Waals surface area (Å²) in [5.74, 6) is -2.42. The fourth-order valence-corrected chi connectivity index (χ4v) is 1.53. The van der Waals surface area contributed by atoms with E-state index in [2.05, 4.69) is 5.32 Å². The Kier molecular flexibility index (Phi) is 5.14. The monoisotopic (exact) mass is 279 g/mol. The Morgan fingerprint density at radius 3 is 2.35 bits per heavy atom. The quantitative estimate of drug-likeness (QED) is 0.480. The summed E-state index contributed by atoms with van der Waals surface area (Å²) >= 11 is 0. The van der Waals surface area contributed by atoms with E-state index in [9.17, 15) is 14.7 Å². The molecule has 1 rings (SSSR count). The first-order chi connectivity index (χ1) is 9.31. The minimum absolute atomic E-state index is 0.234. The number of nitrogens with one attached hydrogen (secondary N) is 1. The average Bonchev–Trinajstić information content (AvgIpc) is 2.36. The highest BCUT2D eigenvalue weighted by Gasteiger charge is 2.22. The largest absolute Gasteiger partial charge is 0.504 e. The van der Waals surface area contributed by atoms with Crippen molar-refractivity contribution in [2.24, 2.45) is 5.92 Å². The first kappa shape index (κ1) is 15.6. The van der Waals surface area contributed by atoms with E-state index in [0.717, 1.165) is 0 Å². The second-order valence-electron chi connectivity index (χ2n) is 4.65. The van der Waals surface area contributed by atoms with E-state index in [0.29, 0.717) is 5.56 Å². The molecule has 1 atom stereocenters. The van der Waals surface area contributed by atoms with Crippen LogP contribution >= 0.6 is 0 Å². The molecule has 0 radical (unpaired) electrons. The summed E-state index contributed by atoms with van der Waals surface area (Å²) in [6.07, 6.45) is 2.58. The third-order valence-corrected chi connectivity index (χ3v) is 2.66. The maximum Gasteiger partial charge on any atom is 0.326 e. The molecule has 0 aliphatic carbocycles. The average molecular weight is 279 g/mol. The Bertz CT molecular complexity index is 536. The van der Waals surface area contributed by atoms with Crippen LogP contribution in [0.1, 0.15) is 19.4 Å². The van der Waals surface area contributed by atoms with Crippen molar-refractivity contribution in [2.45, 2.75) is 19.9 Å². The van der Waals surface area contributed by atoms with Crippen LogP contribution in [0.3, 0.4) is 0 Å². The SMILES string of the molecule is CC(C)[C@H](NC(=O)/C=C/c1ccc(O)c(O)c1)C(=O)O. The number of carbonyl (C=O) groups is 2. The van der Waals surface area contributed by atoms with Crippen LogP contribution in [0.25, 0.3) is 6.08 Å². The number of phenolic OH excluding ortho intramolecular Hbond substituents is 2. The molecule has 20 heavy (non-hydrogen) atoms. The molecule has 6 heteroatoms. The van der Waals surface area contributed by atoms with Gasteiger partial charge in [-0.05, 0) is 29.7 Å². The summed E-state index contributed by atoms with van der Waals surface area (Å²) in [4.78, 5) is 22.5. The van der Waals surface area contributed by atoms with E-state index in [4.69, 9.17) is 10.2 Å². The maximum absolute atomic E-state index is 11.6. The molecule has 0 fully saturated rings. The molecule has 0 heterocycles. The van der Waals surface area contributed by atoms with E-state index in [1.807, 2.05) is 0 Å². The number of aliphatic carboxylic acids is 1. The molecule has 0 aromatic heterocycles. The van der Waals surface area contributed by atoms with Gasteiger partial charge in [0.15, 0.2) is 11.5 Å². The molecule has 0 saturated heterocycles. The van der Waals surface area contributed by atoms with Gasteiger partial charge < -0.3 is 20.6 Å². The molecule has 0 bridgehead atoms. The van der Waals surface area contributed by atoms with E-state index in [1.54, 1.807) is 13.8 Å². The van der Waals surface area contributed by atoms with Gasteiger partial charge in [0.05, 0.1) is 0 Å². The molecule has 1 amide bonds. The van der Waals surface area contributed by atoms with Gasteiger partial charge in [0.25, 0.3) is 0 Å². The number of carboxylic acids is 1. The van der Waals surface area contributed by atoms with Crippen LogP contribution in [0, 0.1) is 5.92 Å². The lowest BCUT2D eigenvalue weighted by molar-refractivity contribution is -0.142. The second-order valence-corrected chi connectivity index (χ2v) is 4.65. The van der Waals surface area contributed by atoms with Crippen LogP contribution < -0.4 is 5.32 Å².